The lowest BCUT2D eigenvalue weighted by Crippen LogP contribution is -2.17. The third-order valence-electron chi connectivity index (χ3n) is 3.32. The van der Waals surface area contributed by atoms with E-state index in [9.17, 15) is 4.79 Å². The number of carbonyl (C=O) groups excluding carboxylic acids is 1. The summed E-state index contributed by atoms with van der Waals surface area (Å²) in [7, 11) is 0. The standard InChI is InChI=1S/C17H16N4O/c22-17(21-19-12-13-7-9-18-10-8-13)6-5-15-11-14-3-1-2-4-16(14)20-15/h1-4,7-12,20H,5-6H2,(H,21,22)/b19-12+. The molecule has 2 heterocycles. The zero-order valence-corrected chi connectivity index (χ0v) is 12.0. The van der Waals surface area contributed by atoms with Crippen molar-refractivity contribution >= 4 is 23.0 Å². The number of carbonyl (C=O) groups is 1. The van der Waals surface area contributed by atoms with Gasteiger partial charge in [0.25, 0.3) is 0 Å². The summed E-state index contributed by atoms with van der Waals surface area (Å²) in [6, 6.07) is 13.8. The second-order valence-corrected chi connectivity index (χ2v) is 4.96. The third-order valence-corrected chi connectivity index (χ3v) is 3.32. The van der Waals surface area contributed by atoms with E-state index in [1.165, 1.54) is 0 Å². The molecule has 5 heteroatoms. The molecule has 0 spiro atoms. The summed E-state index contributed by atoms with van der Waals surface area (Å²) < 4.78 is 0. The first kappa shape index (κ1) is 14.0. The number of para-hydroxylation sites is 1. The molecule has 0 atom stereocenters. The molecule has 0 saturated heterocycles. The number of fused-ring (bicyclic) bond motifs is 1. The number of nitrogens with zero attached hydrogens (tertiary/aromatic N) is 2. The van der Waals surface area contributed by atoms with Gasteiger partial charge in [-0.2, -0.15) is 5.10 Å². The molecule has 0 bridgehead atoms. The van der Waals surface area contributed by atoms with Crippen molar-refractivity contribution in [2.75, 3.05) is 0 Å². The highest BCUT2D eigenvalue weighted by Gasteiger charge is 2.04. The van der Waals surface area contributed by atoms with Crippen LogP contribution in [0.25, 0.3) is 10.9 Å². The first-order valence-electron chi connectivity index (χ1n) is 7.10. The Hall–Kier alpha value is -2.95. The Bertz CT molecular complexity index is 760. The normalized spacial score (nSPS) is 11.1. The van der Waals surface area contributed by atoms with Gasteiger partial charge in [-0.25, -0.2) is 5.43 Å². The van der Waals surface area contributed by atoms with E-state index >= 15 is 0 Å². The van der Waals surface area contributed by atoms with Crippen LogP contribution in [0, 0.1) is 0 Å². The van der Waals surface area contributed by atoms with Gasteiger partial charge >= 0.3 is 0 Å². The van der Waals surface area contributed by atoms with E-state index in [1.807, 2.05) is 30.3 Å². The van der Waals surface area contributed by atoms with Crippen LogP contribution in [-0.2, 0) is 11.2 Å². The summed E-state index contributed by atoms with van der Waals surface area (Å²) in [5, 5.41) is 5.09. The van der Waals surface area contributed by atoms with Crippen molar-refractivity contribution in [3.63, 3.8) is 0 Å². The molecule has 3 aromatic rings. The van der Waals surface area contributed by atoms with Crippen molar-refractivity contribution in [2.45, 2.75) is 12.8 Å². The van der Waals surface area contributed by atoms with Crippen molar-refractivity contribution in [2.24, 2.45) is 5.10 Å². The fourth-order valence-electron chi connectivity index (χ4n) is 2.20. The number of aromatic amines is 1. The number of pyridine rings is 1. The van der Waals surface area contributed by atoms with Crippen molar-refractivity contribution in [1.29, 1.82) is 0 Å². The molecule has 2 aromatic heterocycles. The SMILES string of the molecule is O=C(CCc1cc2ccccc2[nH]1)N/N=C/c1ccncc1. The van der Waals surface area contributed by atoms with Crippen LogP contribution in [0.2, 0.25) is 0 Å². The molecule has 110 valence electrons. The Morgan fingerprint density at radius 3 is 2.86 bits per heavy atom. The predicted molar refractivity (Wildman–Crippen MR) is 86.6 cm³/mol. The van der Waals surface area contributed by atoms with Gasteiger partial charge in [-0.15, -0.1) is 0 Å². The van der Waals surface area contributed by atoms with E-state index in [4.69, 9.17) is 0 Å². The van der Waals surface area contributed by atoms with Crippen LogP contribution in [0.3, 0.4) is 0 Å². The van der Waals surface area contributed by atoms with Gasteiger partial charge in [0.05, 0.1) is 6.21 Å². The minimum Gasteiger partial charge on any atom is -0.358 e. The summed E-state index contributed by atoms with van der Waals surface area (Å²) in [5.41, 5.74) is 5.57. The number of aryl methyl sites for hydroxylation is 1. The Kier molecular flexibility index (Phi) is 4.25. The van der Waals surface area contributed by atoms with Crippen molar-refractivity contribution in [1.82, 2.24) is 15.4 Å². The van der Waals surface area contributed by atoms with Gasteiger partial charge in [-0.1, -0.05) is 18.2 Å². The monoisotopic (exact) mass is 292 g/mol. The van der Waals surface area contributed by atoms with E-state index in [0.29, 0.717) is 12.8 Å². The van der Waals surface area contributed by atoms with Gasteiger partial charge in [0, 0.05) is 30.0 Å². The summed E-state index contributed by atoms with van der Waals surface area (Å²) in [4.78, 5) is 19.0. The van der Waals surface area contributed by atoms with Gasteiger partial charge in [0.2, 0.25) is 5.91 Å². The lowest BCUT2D eigenvalue weighted by molar-refractivity contribution is -0.121. The predicted octanol–water partition coefficient (Wildman–Crippen LogP) is 2.65. The fourth-order valence-corrected chi connectivity index (χ4v) is 2.20. The summed E-state index contributed by atoms with van der Waals surface area (Å²) in [5.74, 6) is -0.107. The molecular formula is C17H16N4O. The van der Waals surface area contributed by atoms with E-state index < -0.39 is 0 Å². The average Bonchev–Trinajstić information content (AvgIpc) is 2.97. The van der Waals surface area contributed by atoms with Crippen LogP contribution in [0.5, 0.6) is 0 Å². The minimum atomic E-state index is -0.107. The third kappa shape index (κ3) is 3.58. The maximum absolute atomic E-state index is 11.8. The maximum Gasteiger partial charge on any atom is 0.240 e. The molecule has 0 unspecified atom stereocenters. The van der Waals surface area contributed by atoms with Crippen LogP contribution in [0.1, 0.15) is 17.7 Å². The summed E-state index contributed by atoms with van der Waals surface area (Å²) in [6.45, 7) is 0. The zero-order chi connectivity index (χ0) is 15.2. The highest BCUT2D eigenvalue weighted by Crippen LogP contribution is 2.15. The van der Waals surface area contributed by atoms with Crippen LogP contribution in [-0.4, -0.2) is 22.1 Å². The number of rotatable bonds is 5. The highest BCUT2D eigenvalue weighted by atomic mass is 16.2. The van der Waals surface area contributed by atoms with Gasteiger partial charge in [0.1, 0.15) is 0 Å². The zero-order valence-electron chi connectivity index (χ0n) is 12.0. The molecular weight excluding hydrogens is 276 g/mol. The number of benzene rings is 1. The quantitative estimate of drug-likeness (QED) is 0.560. The molecule has 3 rings (SSSR count). The van der Waals surface area contributed by atoms with Crippen molar-refractivity contribution in [3.05, 3.63) is 66.1 Å². The van der Waals surface area contributed by atoms with E-state index in [0.717, 1.165) is 22.2 Å². The molecule has 1 amide bonds. The molecule has 0 radical (unpaired) electrons. The van der Waals surface area contributed by atoms with Crippen LogP contribution in [0.15, 0.2) is 60.0 Å². The Morgan fingerprint density at radius 1 is 1.23 bits per heavy atom. The molecule has 0 fully saturated rings. The van der Waals surface area contributed by atoms with Crippen LogP contribution < -0.4 is 5.43 Å². The number of hydrazone groups is 1. The molecule has 22 heavy (non-hydrogen) atoms. The van der Waals surface area contributed by atoms with E-state index in [2.05, 4.69) is 32.6 Å². The van der Waals surface area contributed by atoms with Crippen LogP contribution >= 0.6 is 0 Å². The Balaban J connectivity index is 1.51. The van der Waals surface area contributed by atoms with E-state index in [1.54, 1.807) is 18.6 Å². The smallest absolute Gasteiger partial charge is 0.240 e. The van der Waals surface area contributed by atoms with Crippen molar-refractivity contribution < 1.29 is 4.79 Å². The fraction of sp³-hybridized carbons (Fsp3) is 0.118. The van der Waals surface area contributed by atoms with Crippen molar-refractivity contribution in [3.8, 4) is 0 Å². The first-order valence-corrected chi connectivity index (χ1v) is 7.10. The minimum absolute atomic E-state index is 0.107. The highest BCUT2D eigenvalue weighted by molar-refractivity contribution is 5.83. The molecule has 0 saturated carbocycles. The first-order chi connectivity index (χ1) is 10.8. The van der Waals surface area contributed by atoms with E-state index in [-0.39, 0.29) is 5.91 Å². The van der Waals surface area contributed by atoms with Gasteiger partial charge in [0.15, 0.2) is 0 Å². The number of aromatic nitrogens is 2. The lowest BCUT2D eigenvalue weighted by atomic mass is 10.2. The second kappa shape index (κ2) is 6.67. The largest absolute Gasteiger partial charge is 0.358 e. The summed E-state index contributed by atoms with van der Waals surface area (Å²) in [6.07, 6.45) is 6.01. The second-order valence-electron chi connectivity index (χ2n) is 4.96. The molecule has 2 N–H and O–H groups in total. The summed E-state index contributed by atoms with van der Waals surface area (Å²) >= 11 is 0. The molecule has 1 aromatic carbocycles. The molecule has 5 nitrogen and oxygen atoms in total. The molecule has 0 aliphatic rings. The molecule has 0 aliphatic carbocycles. The lowest BCUT2D eigenvalue weighted by Gasteiger charge is -1.98. The Morgan fingerprint density at radius 2 is 2.05 bits per heavy atom. The topological polar surface area (TPSA) is 70.1 Å². The number of nitrogens with one attached hydrogen (secondary N) is 2. The van der Waals surface area contributed by atoms with Crippen LogP contribution in [0.4, 0.5) is 0 Å². The number of H-pyrrole nitrogens is 1. The maximum atomic E-state index is 11.8. The molecule has 0 aliphatic heterocycles. The van der Waals surface area contributed by atoms with Gasteiger partial charge in [-0.05, 0) is 41.6 Å². The number of hydrogen-bond acceptors (Lipinski definition) is 3. The number of hydrogen-bond donors (Lipinski definition) is 2. The number of amides is 1. The Labute approximate surface area is 128 Å². The van der Waals surface area contributed by atoms with Gasteiger partial charge < -0.3 is 4.98 Å². The average molecular weight is 292 g/mol. The van der Waals surface area contributed by atoms with Gasteiger partial charge in [-0.3, -0.25) is 9.78 Å².